The molecule has 0 spiro atoms. The molecule has 0 aromatic heterocycles. The highest BCUT2D eigenvalue weighted by Gasteiger charge is 2.17. The Morgan fingerprint density at radius 1 is 0.968 bits per heavy atom. The minimum Gasteiger partial charge on any atom is -0.493 e. The van der Waals surface area contributed by atoms with Gasteiger partial charge in [0.2, 0.25) is 0 Å². The summed E-state index contributed by atoms with van der Waals surface area (Å²) in [4.78, 5) is 12.9. The molecule has 31 heavy (non-hydrogen) atoms. The molecule has 0 saturated heterocycles. The zero-order chi connectivity index (χ0) is 22.2. The maximum absolute atomic E-state index is 12.9. The average Bonchev–Trinajstić information content (AvgIpc) is 2.81. The quantitative estimate of drug-likeness (QED) is 0.456. The molecule has 0 aliphatic carbocycles. The molecule has 5 nitrogen and oxygen atoms in total. The van der Waals surface area contributed by atoms with Crippen molar-refractivity contribution in [2.45, 2.75) is 26.0 Å². The summed E-state index contributed by atoms with van der Waals surface area (Å²) in [6.07, 6.45) is 0.726. The first kappa shape index (κ1) is 22.5. The molecular weight excluding hydrogens is 414 g/mol. The van der Waals surface area contributed by atoms with Gasteiger partial charge in [0.15, 0.2) is 11.5 Å². The van der Waals surface area contributed by atoms with Gasteiger partial charge >= 0.3 is 0 Å². The third kappa shape index (κ3) is 5.70. The van der Waals surface area contributed by atoms with Gasteiger partial charge in [0, 0.05) is 16.1 Å². The largest absolute Gasteiger partial charge is 0.493 e. The maximum atomic E-state index is 12.9. The summed E-state index contributed by atoms with van der Waals surface area (Å²) < 4.78 is 16.5. The highest BCUT2D eigenvalue weighted by molar-refractivity contribution is 6.31. The number of rotatable bonds is 9. The van der Waals surface area contributed by atoms with E-state index in [0.29, 0.717) is 34.4 Å². The van der Waals surface area contributed by atoms with Crippen LogP contribution in [0, 0.1) is 0 Å². The van der Waals surface area contributed by atoms with Gasteiger partial charge in [-0.2, -0.15) is 0 Å². The van der Waals surface area contributed by atoms with Crippen LogP contribution < -0.4 is 19.5 Å². The number of hydrogen-bond donors (Lipinski definition) is 1. The van der Waals surface area contributed by atoms with Crippen molar-refractivity contribution in [2.24, 2.45) is 0 Å². The Morgan fingerprint density at radius 2 is 1.74 bits per heavy atom. The average molecular weight is 440 g/mol. The Balaban J connectivity index is 1.70. The van der Waals surface area contributed by atoms with Gasteiger partial charge in [-0.15, -0.1) is 0 Å². The minimum absolute atomic E-state index is 0.167. The molecule has 3 aromatic rings. The van der Waals surface area contributed by atoms with Gasteiger partial charge in [-0.05, 0) is 48.4 Å². The molecule has 0 fully saturated rings. The number of carbonyl (C=O) groups is 1. The second-order valence-corrected chi connectivity index (χ2v) is 7.36. The number of ether oxygens (including phenoxy) is 3. The number of methoxy groups -OCH3 is 2. The van der Waals surface area contributed by atoms with Crippen molar-refractivity contribution < 1.29 is 19.0 Å². The maximum Gasteiger partial charge on any atom is 0.251 e. The van der Waals surface area contributed by atoms with Crippen molar-refractivity contribution in [2.75, 3.05) is 14.2 Å². The van der Waals surface area contributed by atoms with Crippen LogP contribution in [0.1, 0.15) is 40.9 Å². The lowest BCUT2D eigenvalue weighted by Gasteiger charge is -2.19. The fourth-order valence-corrected chi connectivity index (χ4v) is 3.43. The lowest BCUT2D eigenvalue weighted by atomic mass is 10.0. The molecule has 1 amide bonds. The fraction of sp³-hybridized carbons (Fsp3) is 0.240. The van der Waals surface area contributed by atoms with Crippen molar-refractivity contribution >= 4 is 17.5 Å². The Labute approximate surface area is 187 Å². The molecule has 1 atom stereocenters. The topological polar surface area (TPSA) is 56.8 Å². The predicted octanol–water partition coefficient (Wildman–Crippen LogP) is 5.82. The van der Waals surface area contributed by atoms with E-state index in [9.17, 15) is 4.79 Å². The molecular formula is C25H26ClNO4. The smallest absolute Gasteiger partial charge is 0.251 e. The second kappa shape index (κ2) is 10.7. The molecule has 3 rings (SSSR count). The molecule has 6 heteroatoms. The number of hydrogen-bond acceptors (Lipinski definition) is 4. The summed E-state index contributed by atoms with van der Waals surface area (Å²) in [6, 6.07) is 20.1. The van der Waals surface area contributed by atoms with Crippen LogP contribution in [0.5, 0.6) is 17.2 Å². The zero-order valence-corrected chi connectivity index (χ0v) is 18.6. The van der Waals surface area contributed by atoms with Gasteiger partial charge in [-0.1, -0.05) is 48.9 Å². The second-order valence-electron chi connectivity index (χ2n) is 6.96. The Hall–Kier alpha value is -3.18. The fourth-order valence-electron chi connectivity index (χ4n) is 3.24. The number of benzene rings is 3. The van der Waals surface area contributed by atoms with E-state index in [2.05, 4.69) is 5.32 Å². The molecule has 0 heterocycles. The molecule has 0 aliphatic heterocycles. The van der Waals surface area contributed by atoms with Gasteiger partial charge in [-0.25, -0.2) is 0 Å². The monoisotopic (exact) mass is 439 g/mol. The Kier molecular flexibility index (Phi) is 7.79. The Morgan fingerprint density at radius 3 is 2.45 bits per heavy atom. The molecule has 0 bridgehead atoms. The van der Waals surface area contributed by atoms with E-state index in [0.717, 1.165) is 17.5 Å². The molecule has 0 radical (unpaired) electrons. The SMILES string of the molecule is CCC(NC(=O)c1cccc(OCc2ccccc2Cl)c1)c1ccc(OC)c(OC)c1. The van der Waals surface area contributed by atoms with Crippen LogP contribution in [0.15, 0.2) is 66.7 Å². The molecule has 0 aliphatic rings. The molecule has 0 saturated carbocycles. The van der Waals surface area contributed by atoms with Crippen LogP contribution in [0.25, 0.3) is 0 Å². The van der Waals surface area contributed by atoms with Gasteiger partial charge in [0.05, 0.1) is 20.3 Å². The third-order valence-corrected chi connectivity index (χ3v) is 5.34. The first-order valence-electron chi connectivity index (χ1n) is 10.0. The molecule has 1 unspecified atom stereocenters. The van der Waals surface area contributed by atoms with Crippen molar-refractivity contribution in [3.63, 3.8) is 0 Å². The zero-order valence-electron chi connectivity index (χ0n) is 17.9. The van der Waals surface area contributed by atoms with Gasteiger partial charge in [0.25, 0.3) is 5.91 Å². The van der Waals surface area contributed by atoms with E-state index in [1.165, 1.54) is 0 Å². The van der Waals surface area contributed by atoms with E-state index < -0.39 is 0 Å². The van der Waals surface area contributed by atoms with Crippen molar-refractivity contribution in [1.29, 1.82) is 0 Å². The van der Waals surface area contributed by atoms with Gasteiger partial charge in [0.1, 0.15) is 12.4 Å². The molecule has 1 N–H and O–H groups in total. The normalized spacial score (nSPS) is 11.5. The number of halogens is 1. The van der Waals surface area contributed by atoms with E-state index in [-0.39, 0.29) is 11.9 Å². The summed E-state index contributed by atoms with van der Waals surface area (Å²) in [5.74, 6) is 1.70. The van der Waals surface area contributed by atoms with Crippen LogP contribution in [-0.2, 0) is 6.61 Å². The summed E-state index contributed by atoms with van der Waals surface area (Å²) in [7, 11) is 3.19. The van der Waals surface area contributed by atoms with Crippen molar-refractivity contribution in [1.82, 2.24) is 5.32 Å². The van der Waals surface area contributed by atoms with Gasteiger partial charge in [-0.3, -0.25) is 4.79 Å². The van der Waals surface area contributed by atoms with Crippen LogP contribution in [0.2, 0.25) is 5.02 Å². The third-order valence-electron chi connectivity index (χ3n) is 4.97. The molecule has 162 valence electrons. The summed E-state index contributed by atoms with van der Waals surface area (Å²) in [5, 5.41) is 3.74. The summed E-state index contributed by atoms with van der Waals surface area (Å²) in [6.45, 7) is 2.35. The molecule has 3 aromatic carbocycles. The van der Waals surface area contributed by atoms with E-state index >= 15 is 0 Å². The number of carbonyl (C=O) groups excluding carboxylic acids is 1. The summed E-state index contributed by atoms with van der Waals surface area (Å²) in [5.41, 5.74) is 2.36. The summed E-state index contributed by atoms with van der Waals surface area (Å²) >= 11 is 6.18. The number of nitrogens with one attached hydrogen (secondary N) is 1. The predicted molar refractivity (Wildman–Crippen MR) is 122 cm³/mol. The van der Waals surface area contributed by atoms with Crippen LogP contribution >= 0.6 is 11.6 Å². The lowest BCUT2D eigenvalue weighted by Crippen LogP contribution is -2.28. The highest BCUT2D eigenvalue weighted by Crippen LogP contribution is 2.31. The van der Waals surface area contributed by atoms with Crippen molar-refractivity contribution in [3.8, 4) is 17.2 Å². The van der Waals surface area contributed by atoms with E-state index in [1.54, 1.807) is 32.4 Å². The number of amides is 1. The van der Waals surface area contributed by atoms with E-state index in [1.807, 2.05) is 55.5 Å². The Bertz CT molecular complexity index is 1040. The van der Waals surface area contributed by atoms with E-state index in [4.69, 9.17) is 25.8 Å². The lowest BCUT2D eigenvalue weighted by molar-refractivity contribution is 0.0935. The first-order chi connectivity index (χ1) is 15.0. The first-order valence-corrected chi connectivity index (χ1v) is 10.4. The van der Waals surface area contributed by atoms with Crippen LogP contribution in [-0.4, -0.2) is 20.1 Å². The van der Waals surface area contributed by atoms with Crippen LogP contribution in [0.3, 0.4) is 0 Å². The minimum atomic E-state index is -0.176. The van der Waals surface area contributed by atoms with Crippen molar-refractivity contribution in [3.05, 3.63) is 88.4 Å². The highest BCUT2D eigenvalue weighted by atomic mass is 35.5. The standard InChI is InChI=1S/C25H26ClNO4/c1-4-22(17-12-13-23(29-2)24(15-17)30-3)27-25(28)18-9-7-10-20(14-18)31-16-19-8-5-6-11-21(19)26/h5-15,22H,4,16H2,1-3H3,(H,27,28). The van der Waals surface area contributed by atoms with Crippen LogP contribution in [0.4, 0.5) is 0 Å². The van der Waals surface area contributed by atoms with Gasteiger partial charge < -0.3 is 19.5 Å².